The molecule has 0 aromatic heterocycles. The van der Waals surface area contributed by atoms with Crippen LogP contribution in [-0.2, 0) is 19.1 Å². The van der Waals surface area contributed by atoms with Gasteiger partial charge in [-0.2, -0.15) is 0 Å². The molecular formula is C26H33N3O4. The summed E-state index contributed by atoms with van der Waals surface area (Å²) < 4.78 is 5.59. The molecule has 0 saturated heterocycles. The molecule has 0 aliphatic heterocycles. The third-order valence-electron chi connectivity index (χ3n) is 6.20. The molecule has 0 saturated carbocycles. The summed E-state index contributed by atoms with van der Waals surface area (Å²) in [4.78, 5) is 35.7. The summed E-state index contributed by atoms with van der Waals surface area (Å²) in [5.41, 5.74) is 16.6. The third kappa shape index (κ3) is 5.86. The number of nitrogens with one attached hydrogen (secondary N) is 1. The summed E-state index contributed by atoms with van der Waals surface area (Å²) in [7, 11) is 0. The number of ether oxygens (including phenoxy) is 1. The average Bonchev–Trinajstić information content (AvgIpc) is 3.14. The van der Waals surface area contributed by atoms with Crippen molar-refractivity contribution < 1.29 is 19.1 Å². The Morgan fingerprint density at radius 3 is 2.06 bits per heavy atom. The van der Waals surface area contributed by atoms with Gasteiger partial charge in [0.1, 0.15) is 18.9 Å². The zero-order valence-corrected chi connectivity index (χ0v) is 19.2. The van der Waals surface area contributed by atoms with Crippen LogP contribution in [0.3, 0.4) is 0 Å². The Labute approximate surface area is 194 Å². The number of hydrogen-bond acceptors (Lipinski definition) is 6. The van der Waals surface area contributed by atoms with Crippen LogP contribution in [0.2, 0.25) is 0 Å². The molecule has 33 heavy (non-hydrogen) atoms. The normalized spacial score (nSPS) is 15.3. The van der Waals surface area contributed by atoms with Gasteiger partial charge in [0.2, 0.25) is 5.91 Å². The van der Waals surface area contributed by atoms with Gasteiger partial charge in [0, 0.05) is 5.92 Å². The van der Waals surface area contributed by atoms with Crippen LogP contribution < -0.4 is 16.8 Å². The number of fused-ring (bicyclic) bond motifs is 3. The number of benzene rings is 2. The summed E-state index contributed by atoms with van der Waals surface area (Å²) in [5.74, 6) is -0.871. The minimum absolute atomic E-state index is 0.0133. The molecule has 0 radical (unpaired) electrons. The Morgan fingerprint density at radius 1 is 0.970 bits per heavy atom. The number of nitrogens with two attached hydrogens (primary N) is 2. The third-order valence-corrected chi connectivity index (χ3v) is 6.20. The van der Waals surface area contributed by atoms with Gasteiger partial charge < -0.3 is 26.3 Å². The number of amides is 1. The Hall–Kier alpha value is -3.03. The van der Waals surface area contributed by atoms with E-state index in [1.54, 1.807) is 0 Å². The Kier molecular flexibility index (Phi) is 8.36. The first-order valence-corrected chi connectivity index (χ1v) is 11.4. The van der Waals surface area contributed by atoms with Gasteiger partial charge >= 0.3 is 5.97 Å². The number of hydrogen-bond donors (Lipinski definition) is 3. The van der Waals surface area contributed by atoms with Crippen molar-refractivity contribution in [3.8, 4) is 11.1 Å². The van der Waals surface area contributed by atoms with E-state index in [0.29, 0.717) is 25.5 Å². The van der Waals surface area contributed by atoms with E-state index in [2.05, 4.69) is 29.6 Å². The summed E-state index contributed by atoms with van der Waals surface area (Å²) >= 11 is 0. The number of carbonyl (C=O) groups is 3. The van der Waals surface area contributed by atoms with Gasteiger partial charge in [-0.15, -0.1) is 0 Å². The fourth-order valence-corrected chi connectivity index (χ4v) is 4.15. The Bertz CT molecular complexity index is 946. The lowest BCUT2D eigenvalue weighted by Gasteiger charge is -2.20. The molecule has 1 aliphatic rings. The largest absolute Gasteiger partial charge is 0.464 e. The maximum atomic E-state index is 12.5. The lowest BCUT2D eigenvalue weighted by atomic mass is 9.98. The molecule has 0 bridgehead atoms. The Morgan fingerprint density at radius 2 is 1.52 bits per heavy atom. The highest BCUT2D eigenvalue weighted by atomic mass is 16.5. The highest BCUT2D eigenvalue weighted by Gasteiger charge is 2.29. The highest BCUT2D eigenvalue weighted by molar-refractivity contribution is 5.84. The summed E-state index contributed by atoms with van der Waals surface area (Å²) in [6.45, 7) is 3.92. The lowest BCUT2D eigenvalue weighted by molar-refractivity contribution is -0.145. The van der Waals surface area contributed by atoms with Crippen LogP contribution in [-0.4, -0.2) is 42.9 Å². The fraction of sp³-hybridized carbons (Fsp3) is 0.423. The molecule has 1 unspecified atom stereocenters. The highest BCUT2D eigenvalue weighted by Crippen LogP contribution is 2.44. The van der Waals surface area contributed by atoms with Gasteiger partial charge in [0.15, 0.2) is 0 Å². The summed E-state index contributed by atoms with van der Waals surface area (Å²) in [6.07, 6.45) is 1.93. The van der Waals surface area contributed by atoms with Crippen molar-refractivity contribution in [2.45, 2.75) is 57.2 Å². The van der Waals surface area contributed by atoms with E-state index in [1.807, 2.05) is 38.1 Å². The molecule has 0 heterocycles. The van der Waals surface area contributed by atoms with E-state index < -0.39 is 24.1 Å². The molecule has 1 aliphatic carbocycles. The molecule has 0 fully saturated rings. The second-order valence-electron chi connectivity index (χ2n) is 8.92. The van der Waals surface area contributed by atoms with Gasteiger partial charge in [-0.25, -0.2) is 0 Å². The van der Waals surface area contributed by atoms with Gasteiger partial charge in [-0.05, 0) is 47.4 Å². The maximum Gasteiger partial charge on any atom is 0.322 e. The zero-order chi connectivity index (χ0) is 24.0. The molecule has 3 rings (SSSR count). The molecule has 7 nitrogen and oxygen atoms in total. The van der Waals surface area contributed by atoms with Crippen LogP contribution in [0.25, 0.3) is 11.1 Å². The average molecular weight is 452 g/mol. The summed E-state index contributed by atoms with van der Waals surface area (Å²) in [6, 6.07) is 14.2. The predicted molar refractivity (Wildman–Crippen MR) is 127 cm³/mol. The van der Waals surface area contributed by atoms with E-state index in [1.165, 1.54) is 11.1 Å². The molecule has 2 aromatic carbocycles. The van der Waals surface area contributed by atoms with E-state index in [9.17, 15) is 14.4 Å². The molecular weight excluding hydrogens is 418 g/mol. The second-order valence-corrected chi connectivity index (χ2v) is 8.92. The monoisotopic (exact) mass is 451 g/mol. The summed E-state index contributed by atoms with van der Waals surface area (Å²) in [5, 5.41) is 2.64. The van der Waals surface area contributed by atoms with Crippen LogP contribution in [0.4, 0.5) is 0 Å². The number of aldehydes is 1. The van der Waals surface area contributed by atoms with Crippen LogP contribution in [0.15, 0.2) is 48.5 Å². The van der Waals surface area contributed by atoms with Crippen LogP contribution >= 0.6 is 0 Å². The molecule has 7 heteroatoms. The smallest absolute Gasteiger partial charge is 0.322 e. The van der Waals surface area contributed by atoms with Crippen molar-refractivity contribution in [2.24, 2.45) is 17.4 Å². The quantitative estimate of drug-likeness (QED) is 0.356. The number of carbonyl (C=O) groups excluding carboxylic acids is 3. The first kappa shape index (κ1) is 24.6. The van der Waals surface area contributed by atoms with E-state index in [-0.39, 0.29) is 24.3 Å². The molecule has 176 valence electrons. The van der Waals surface area contributed by atoms with Gasteiger partial charge in [-0.3, -0.25) is 9.59 Å². The first-order valence-electron chi connectivity index (χ1n) is 11.4. The number of esters is 1. The minimum atomic E-state index is -0.787. The van der Waals surface area contributed by atoms with E-state index >= 15 is 0 Å². The Balaban J connectivity index is 1.47. The fourth-order valence-electron chi connectivity index (χ4n) is 4.15. The van der Waals surface area contributed by atoms with Crippen LogP contribution in [0.1, 0.15) is 50.2 Å². The molecule has 2 aromatic rings. The van der Waals surface area contributed by atoms with Gasteiger partial charge in [0.05, 0.1) is 12.1 Å². The van der Waals surface area contributed by atoms with Gasteiger partial charge in [-0.1, -0.05) is 62.4 Å². The van der Waals surface area contributed by atoms with Crippen molar-refractivity contribution in [2.75, 3.05) is 6.61 Å². The maximum absolute atomic E-state index is 12.5. The van der Waals surface area contributed by atoms with E-state index in [4.69, 9.17) is 16.2 Å². The predicted octanol–water partition coefficient (Wildman–Crippen LogP) is 2.51. The molecule has 0 spiro atoms. The van der Waals surface area contributed by atoms with Crippen molar-refractivity contribution in [3.05, 3.63) is 59.7 Å². The van der Waals surface area contributed by atoms with Crippen LogP contribution in [0, 0.1) is 5.92 Å². The topological polar surface area (TPSA) is 125 Å². The van der Waals surface area contributed by atoms with Crippen molar-refractivity contribution in [1.29, 1.82) is 0 Å². The SMILES string of the molecule is CC(C)[C@@H](C=O)NC(=O)[C@@H](N)CCCC(N)C(=O)OCC1c2ccccc2-c2ccccc21. The zero-order valence-electron chi connectivity index (χ0n) is 19.2. The van der Waals surface area contributed by atoms with Crippen LogP contribution in [0.5, 0.6) is 0 Å². The molecule has 1 amide bonds. The lowest BCUT2D eigenvalue weighted by Crippen LogP contribution is -2.48. The van der Waals surface area contributed by atoms with Crippen molar-refractivity contribution >= 4 is 18.2 Å². The van der Waals surface area contributed by atoms with Crippen molar-refractivity contribution in [1.82, 2.24) is 5.32 Å². The molecule has 3 atom stereocenters. The van der Waals surface area contributed by atoms with Crippen molar-refractivity contribution in [3.63, 3.8) is 0 Å². The molecule has 5 N–H and O–H groups in total. The minimum Gasteiger partial charge on any atom is -0.464 e. The van der Waals surface area contributed by atoms with Gasteiger partial charge in [0.25, 0.3) is 0 Å². The standard InChI is InChI=1S/C26H33N3O4/c1-16(2)24(14-30)29-25(31)22(27)12-7-13-23(28)26(32)33-15-21-19-10-5-3-8-17(19)18-9-4-6-11-20(18)21/h3-6,8-11,14,16,21-24H,7,12-13,15,27-28H2,1-2H3,(H,29,31)/t22-,23?,24+/m0/s1. The second kappa shape index (κ2) is 11.2. The number of rotatable bonds is 11. The van der Waals surface area contributed by atoms with E-state index in [0.717, 1.165) is 11.1 Å². The first-order chi connectivity index (χ1) is 15.8.